The molecule has 1 aliphatic rings. The van der Waals surface area contributed by atoms with Gasteiger partial charge in [0.15, 0.2) is 0 Å². The number of amides is 2. The van der Waals surface area contributed by atoms with E-state index in [4.69, 9.17) is 5.26 Å². The lowest BCUT2D eigenvalue weighted by Gasteiger charge is -2.09. The Morgan fingerprint density at radius 1 is 1.33 bits per heavy atom. The lowest BCUT2D eigenvalue weighted by atomic mass is 10.1. The molecule has 1 fully saturated rings. The molecule has 0 saturated carbocycles. The van der Waals surface area contributed by atoms with E-state index in [-0.39, 0.29) is 11.8 Å². The van der Waals surface area contributed by atoms with Gasteiger partial charge in [-0.1, -0.05) is 12.1 Å². The molecule has 0 spiro atoms. The molecule has 0 radical (unpaired) electrons. The van der Waals surface area contributed by atoms with Crippen molar-refractivity contribution in [2.45, 2.75) is 12.8 Å². The van der Waals surface area contributed by atoms with Crippen molar-refractivity contribution < 1.29 is 9.59 Å². The Kier molecular flexibility index (Phi) is 3.54. The Hall–Kier alpha value is -2.41. The normalized spacial score (nSPS) is 15.1. The predicted octanol–water partition coefficient (Wildman–Crippen LogP) is 1.72. The number of hydrogen-bond donors (Lipinski definition) is 0. The van der Waals surface area contributed by atoms with Crippen LogP contribution in [0.25, 0.3) is 6.08 Å². The maximum Gasteiger partial charge on any atom is 0.253 e. The first-order valence-corrected chi connectivity index (χ1v) is 5.73. The van der Waals surface area contributed by atoms with Crippen LogP contribution >= 0.6 is 0 Å². The average Bonchev–Trinajstić information content (AvgIpc) is 2.83. The summed E-state index contributed by atoms with van der Waals surface area (Å²) in [4.78, 5) is 24.3. The van der Waals surface area contributed by atoms with E-state index in [1.165, 1.54) is 11.0 Å². The van der Waals surface area contributed by atoms with Crippen LogP contribution in [0.2, 0.25) is 0 Å². The monoisotopic (exact) mass is 240 g/mol. The second kappa shape index (κ2) is 5.28. The number of hydrogen-bond acceptors (Lipinski definition) is 3. The van der Waals surface area contributed by atoms with Gasteiger partial charge in [0.1, 0.15) is 0 Å². The van der Waals surface area contributed by atoms with Gasteiger partial charge >= 0.3 is 0 Å². The van der Waals surface area contributed by atoms with Crippen molar-refractivity contribution in [2.24, 2.45) is 0 Å². The molecule has 0 atom stereocenters. The molecule has 4 nitrogen and oxygen atoms in total. The summed E-state index contributed by atoms with van der Waals surface area (Å²) in [6.45, 7) is 0.509. The minimum atomic E-state index is -0.276. The van der Waals surface area contributed by atoms with Gasteiger partial charge < -0.3 is 0 Å². The molecule has 0 aliphatic carbocycles. The summed E-state index contributed by atoms with van der Waals surface area (Å²) in [6.07, 6.45) is 4.24. The van der Waals surface area contributed by atoms with E-state index in [0.29, 0.717) is 18.5 Å². The second-order valence-corrected chi connectivity index (χ2v) is 4.05. The molecule has 1 aromatic rings. The van der Waals surface area contributed by atoms with Crippen LogP contribution in [0, 0.1) is 11.3 Å². The van der Waals surface area contributed by atoms with E-state index in [9.17, 15) is 9.59 Å². The summed E-state index contributed by atoms with van der Waals surface area (Å²) in [6, 6.07) is 8.91. The summed E-state index contributed by atoms with van der Waals surface area (Å²) in [5, 5.41) is 8.65. The maximum atomic E-state index is 11.7. The van der Waals surface area contributed by atoms with Crippen LogP contribution in [0.4, 0.5) is 0 Å². The van der Waals surface area contributed by atoms with E-state index in [1.54, 1.807) is 30.3 Å². The van der Waals surface area contributed by atoms with Crippen molar-refractivity contribution in [2.75, 3.05) is 6.54 Å². The topological polar surface area (TPSA) is 61.2 Å². The Morgan fingerprint density at radius 3 is 2.61 bits per heavy atom. The van der Waals surface area contributed by atoms with Crippen LogP contribution in [-0.2, 0) is 9.59 Å². The molecule has 1 aromatic carbocycles. The van der Waals surface area contributed by atoms with Gasteiger partial charge in [0.2, 0.25) is 5.91 Å². The highest BCUT2D eigenvalue weighted by Crippen LogP contribution is 2.11. The molecular formula is C14H12N2O2. The molecule has 18 heavy (non-hydrogen) atoms. The number of nitriles is 1. The second-order valence-electron chi connectivity index (χ2n) is 4.05. The summed E-state index contributed by atoms with van der Waals surface area (Å²) in [5.74, 6) is -0.383. The molecule has 0 bridgehead atoms. The van der Waals surface area contributed by atoms with Gasteiger partial charge in [-0.25, -0.2) is 0 Å². The van der Waals surface area contributed by atoms with Crippen LogP contribution in [0.5, 0.6) is 0 Å². The Morgan fingerprint density at radius 2 is 2.06 bits per heavy atom. The highest BCUT2D eigenvalue weighted by molar-refractivity contribution is 6.03. The third kappa shape index (κ3) is 2.64. The first-order chi connectivity index (χ1) is 8.70. The molecule has 90 valence electrons. The van der Waals surface area contributed by atoms with Crippen LogP contribution < -0.4 is 0 Å². The minimum Gasteiger partial charge on any atom is -0.279 e. The van der Waals surface area contributed by atoms with Crippen LogP contribution in [-0.4, -0.2) is 23.3 Å². The minimum absolute atomic E-state index is 0.107. The van der Waals surface area contributed by atoms with E-state index in [2.05, 4.69) is 0 Å². The molecule has 1 saturated heterocycles. The molecule has 1 aliphatic heterocycles. The van der Waals surface area contributed by atoms with Crippen molar-refractivity contribution in [3.05, 3.63) is 41.5 Å². The largest absolute Gasteiger partial charge is 0.279 e. The number of likely N-dealkylation sites (tertiary alicyclic amines) is 1. The third-order valence-electron chi connectivity index (χ3n) is 2.80. The smallest absolute Gasteiger partial charge is 0.253 e. The lowest BCUT2D eigenvalue weighted by Crippen LogP contribution is -2.30. The SMILES string of the molecule is N#Cc1ccc(/C=C/C(=O)N2CCCC2=O)cc1. The summed E-state index contributed by atoms with van der Waals surface area (Å²) < 4.78 is 0. The number of benzene rings is 1. The van der Waals surface area contributed by atoms with Crippen LogP contribution in [0.15, 0.2) is 30.3 Å². The molecule has 0 aromatic heterocycles. The van der Waals surface area contributed by atoms with E-state index < -0.39 is 0 Å². The number of rotatable bonds is 2. The maximum absolute atomic E-state index is 11.7. The van der Waals surface area contributed by atoms with Crippen LogP contribution in [0.3, 0.4) is 0 Å². The number of carbonyl (C=O) groups is 2. The van der Waals surface area contributed by atoms with Gasteiger partial charge in [-0.3, -0.25) is 14.5 Å². The Bertz CT molecular complexity index is 538. The molecule has 1 heterocycles. The number of imide groups is 1. The molecule has 0 unspecified atom stereocenters. The third-order valence-corrected chi connectivity index (χ3v) is 2.80. The molecular weight excluding hydrogens is 228 g/mol. The Labute approximate surface area is 105 Å². The number of carbonyl (C=O) groups excluding carboxylic acids is 2. The van der Waals surface area contributed by atoms with E-state index in [1.807, 2.05) is 6.07 Å². The van der Waals surface area contributed by atoms with Gasteiger partial charge in [-0.2, -0.15) is 5.26 Å². The van der Waals surface area contributed by atoms with Gasteiger partial charge in [0, 0.05) is 19.0 Å². The van der Waals surface area contributed by atoms with E-state index >= 15 is 0 Å². The molecule has 0 N–H and O–H groups in total. The van der Waals surface area contributed by atoms with Crippen molar-refractivity contribution in [3.8, 4) is 6.07 Å². The highest BCUT2D eigenvalue weighted by atomic mass is 16.2. The quantitative estimate of drug-likeness (QED) is 0.739. The Balaban J connectivity index is 2.04. The summed E-state index contributed by atoms with van der Waals surface area (Å²) >= 11 is 0. The number of nitrogens with zero attached hydrogens (tertiary/aromatic N) is 2. The van der Waals surface area contributed by atoms with Gasteiger partial charge in [-0.15, -0.1) is 0 Å². The van der Waals surface area contributed by atoms with Gasteiger partial charge in [0.05, 0.1) is 11.6 Å². The average molecular weight is 240 g/mol. The fourth-order valence-corrected chi connectivity index (χ4v) is 1.81. The standard InChI is InChI=1S/C14H12N2O2/c15-10-12-5-3-11(4-6-12)7-8-14(18)16-9-1-2-13(16)17/h3-8H,1-2,9H2/b8-7+. The van der Waals surface area contributed by atoms with E-state index in [0.717, 1.165) is 12.0 Å². The molecule has 4 heteroatoms. The van der Waals surface area contributed by atoms with Gasteiger partial charge in [0.25, 0.3) is 5.91 Å². The van der Waals surface area contributed by atoms with Crippen molar-refractivity contribution in [1.82, 2.24) is 4.90 Å². The fraction of sp³-hybridized carbons (Fsp3) is 0.214. The van der Waals surface area contributed by atoms with Gasteiger partial charge in [-0.05, 0) is 30.2 Å². The zero-order valence-electron chi connectivity index (χ0n) is 9.80. The zero-order chi connectivity index (χ0) is 13.0. The lowest BCUT2D eigenvalue weighted by molar-refractivity contribution is -0.138. The summed E-state index contributed by atoms with van der Waals surface area (Å²) in [7, 11) is 0. The molecule has 2 rings (SSSR count). The first kappa shape index (κ1) is 12.1. The van der Waals surface area contributed by atoms with Crippen molar-refractivity contribution in [3.63, 3.8) is 0 Å². The zero-order valence-corrected chi connectivity index (χ0v) is 9.80. The highest BCUT2D eigenvalue weighted by Gasteiger charge is 2.24. The first-order valence-electron chi connectivity index (χ1n) is 5.73. The van der Waals surface area contributed by atoms with Crippen molar-refractivity contribution in [1.29, 1.82) is 5.26 Å². The van der Waals surface area contributed by atoms with Crippen LogP contribution in [0.1, 0.15) is 24.0 Å². The summed E-state index contributed by atoms with van der Waals surface area (Å²) in [5.41, 5.74) is 1.40. The predicted molar refractivity (Wildman–Crippen MR) is 66.1 cm³/mol. The molecule has 2 amide bonds. The fourth-order valence-electron chi connectivity index (χ4n) is 1.81. The van der Waals surface area contributed by atoms with Crippen molar-refractivity contribution >= 4 is 17.9 Å².